The van der Waals surface area contributed by atoms with E-state index in [0.717, 1.165) is 37.2 Å². The molecule has 4 fully saturated rings. The van der Waals surface area contributed by atoms with Crippen LogP contribution >= 0.6 is 0 Å². The summed E-state index contributed by atoms with van der Waals surface area (Å²) in [7, 11) is 2.08. The van der Waals surface area contributed by atoms with E-state index >= 15 is 0 Å². The van der Waals surface area contributed by atoms with E-state index in [4.69, 9.17) is 0 Å². The van der Waals surface area contributed by atoms with Gasteiger partial charge in [0.05, 0.1) is 11.4 Å². The minimum absolute atomic E-state index is 0.0238. The van der Waals surface area contributed by atoms with E-state index in [1.54, 1.807) is 6.92 Å². The summed E-state index contributed by atoms with van der Waals surface area (Å²) < 4.78 is 0. The predicted molar refractivity (Wildman–Crippen MR) is 109 cm³/mol. The van der Waals surface area contributed by atoms with Crippen molar-refractivity contribution >= 4 is 23.3 Å². The average Bonchev–Trinajstić information content (AvgIpc) is 2.63. The summed E-state index contributed by atoms with van der Waals surface area (Å²) in [6.07, 6.45) is 5.49. The lowest BCUT2D eigenvalue weighted by Crippen LogP contribution is -2.67. The second-order valence-corrected chi connectivity index (χ2v) is 9.47. The summed E-state index contributed by atoms with van der Waals surface area (Å²) in [4.78, 5) is 29.1. The molecule has 1 aromatic carbocycles. The molecule has 6 heteroatoms. The number of likely N-dealkylation sites (N-methyl/N-ethyl adjacent to an activating group) is 1. The molecule has 0 spiro atoms. The van der Waals surface area contributed by atoms with Gasteiger partial charge in [0, 0.05) is 38.6 Å². The van der Waals surface area contributed by atoms with Crippen molar-refractivity contribution in [1.29, 1.82) is 0 Å². The number of para-hydroxylation sites is 2. The Morgan fingerprint density at radius 3 is 2.39 bits per heavy atom. The van der Waals surface area contributed by atoms with Crippen molar-refractivity contribution in [2.45, 2.75) is 50.6 Å². The maximum atomic E-state index is 13.2. The van der Waals surface area contributed by atoms with Gasteiger partial charge in [-0.3, -0.25) is 9.69 Å². The van der Waals surface area contributed by atoms with E-state index in [9.17, 15) is 9.59 Å². The number of fused-ring (bicyclic) bond motifs is 1. The lowest BCUT2D eigenvalue weighted by molar-refractivity contribution is -0.125. The van der Waals surface area contributed by atoms with Gasteiger partial charge in [0.15, 0.2) is 0 Å². The number of urea groups is 1. The molecule has 3 amide bonds. The fraction of sp³-hybridized carbons (Fsp3) is 0.636. The molecule has 6 nitrogen and oxygen atoms in total. The molecule has 2 atom stereocenters. The van der Waals surface area contributed by atoms with Crippen molar-refractivity contribution in [3.63, 3.8) is 0 Å². The van der Waals surface area contributed by atoms with Crippen LogP contribution in [-0.2, 0) is 4.79 Å². The molecule has 4 bridgehead atoms. The largest absolute Gasteiger partial charge is 0.371 e. The third-order valence-corrected chi connectivity index (χ3v) is 7.49. The predicted octanol–water partition coefficient (Wildman–Crippen LogP) is 2.74. The van der Waals surface area contributed by atoms with E-state index in [2.05, 4.69) is 28.6 Å². The van der Waals surface area contributed by atoms with Gasteiger partial charge in [-0.1, -0.05) is 12.1 Å². The standard InChI is InChI=1S/C22H30N4O2/c1-14(27)24-22-11-15-9-16(12-22)20(17(10-15)13-22)23-21(28)26-8-7-25(2)18-5-3-4-6-19(18)26/h3-6,15-17,20H,7-13H2,1-2H3,(H,23,28)(H,24,27)/t15?,16?,17?,20-,22+. The van der Waals surface area contributed by atoms with Gasteiger partial charge >= 0.3 is 6.03 Å². The van der Waals surface area contributed by atoms with Crippen LogP contribution in [0.4, 0.5) is 16.2 Å². The van der Waals surface area contributed by atoms with Crippen LogP contribution in [0.15, 0.2) is 24.3 Å². The van der Waals surface area contributed by atoms with Crippen LogP contribution in [0.2, 0.25) is 0 Å². The lowest BCUT2D eigenvalue weighted by atomic mass is 9.51. The highest BCUT2D eigenvalue weighted by Crippen LogP contribution is 2.55. The Bertz CT molecular complexity index is 793. The van der Waals surface area contributed by atoms with Crippen LogP contribution in [0, 0.1) is 17.8 Å². The molecule has 1 aromatic rings. The third kappa shape index (κ3) is 2.85. The third-order valence-electron chi connectivity index (χ3n) is 7.49. The zero-order chi connectivity index (χ0) is 19.5. The van der Waals surface area contributed by atoms with E-state index in [-0.39, 0.29) is 23.5 Å². The molecule has 0 aromatic heterocycles. The van der Waals surface area contributed by atoms with Gasteiger partial charge in [0.25, 0.3) is 0 Å². The first-order valence-corrected chi connectivity index (χ1v) is 10.6. The molecule has 2 unspecified atom stereocenters. The second-order valence-electron chi connectivity index (χ2n) is 9.47. The number of rotatable bonds is 2. The van der Waals surface area contributed by atoms with Crippen molar-refractivity contribution in [1.82, 2.24) is 10.6 Å². The van der Waals surface area contributed by atoms with Gasteiger partial charge in [-0.25, -0.2) is 4.79 Å². The minimum atomic E-state index is -0.0238. The molecule has 4 aliphatic carbocycles. The fourth-order valence-electron chi connectivity index (χ4n) is 6.72. The molecule has 0 saturated heterocycles. The highest BCUT2D eigenvalue weighted by Gasteiger charge is 2.56. The van der Waals surface area contributed by atoms with Crippen molar-refractivity contribution in [2.75, 3.05) is 29.9 Å². The summed E-state index contributed by atoms with van der Waals surface area (Å²) in [5.41, 5.74) is 2.08. The maximum absolute atomic E-state index is 13.2. The number of carbonyl (C=O) groups is 2. The van der Waals surface area contributed by atoms with Crippen LogP contribution in [0.1, 0.15) is 39.0 Å². The van der Waals surface area contributed by atoms with E-state index in [1.807, 2.05) is 23.1 Å². The van der Waals surface area contributed by atoms with Crippen LogP contribution in [0.5, 0.6) is 0 Å². The summed E-state index contributed by atoms with van der Waals surface area (Å²) in [6.45, 7) is 3.18. The van der Waals surface area contributed by atoms with Gasteiger partial charge < -0.3 is 15.5 Å². The van der Waals surface area contributed by atoms with E-state index in [0.29, 0.717) is 24.3 Å². The minimum Gasteiger partial charge on any atom is -0.371 e. The molecule has 6 rings (SSSR count). The summed E-state index contributed by atoms with van der Waals surface area (Å²) >= 11 is 0. The lowest BCUT2D eigenvalue weighted by Gasteiger charge is -2.60. The first kappa shape index (κ1) is 17.8. The van der Waals surface area contributed by atoms with E-state index in [1.165, 1.54) is 12.8 Å². The van der Waals surface area contributed by atoms with Crippen LogP contribution in [0.25, 0.3) is 0 Å². The number of benzene rings is 1. The smallest absolute Gasteiger partial charge is 0.322 e. The molecule has 1 heterocycles. The zero-order valence-electron chi connectivity index (χ0n) is 16.8. The highest BCUT2D eigenvalue weighted by atomic mass is 16.2. The molecule has 4 saturated carbocycles. The Kier molecular flexibility index (Phi) is 4.07. The zero-order valence-corrected chi connectivity index (χ0v) is 16.8. The van der Waals surface area contributed by atoms with Gasteiger partial charge in [0.1, 0.15) is 0 Å². The van der Waals surface area contributed by atoms with Crippen LogP contribution < -0.4 is 20.4 Å². The Balaban J connectivity index is 1.33. The first-order valence-electron chi connectivity index (χ1n) is 10.6. The molecule has 28 heavy (non-hydrogen) atoms. The number of nitrogens with one attached hydrogen (secondary N) is 2. The molecule has 5 aliphatic rings. The highest BCUT2D eigenvalue weighted by molar-refractivity contribution is 5.97. The summed E-state index contributed by atoms with van der Waals surface area (Å²) in [5.74, 6) is 1.73. The first-order chi connectivity index (χ1) is 13.4. The van der Waals surface area contributed by atoms with Crippen molar-refractivity contribution < 1.29 is 9.59 Å². The van der Waals surface area contributed by atoms with Gasteiger partial charge in [-0.15, -0.1) is 0 Å². The van der Waals surface area contributed by atoms with Crippen LogP contribution in [0.3, 0.4) is 0 Å². The molecular weight excluding hydrogens is 352 g/mol. The van der Waals surface area contributed by atoms with Crippen LogP contribution in [-0.4, -0.2) is 43.7 Å². The number of carbonyl (C=O) groups excluding carboxylic acids is 2. The Hall–Kier alpha value is -2.24. The summed E-state index contributed by atoms with van der Waals surface area (Å²) in [6, 6.07) is 8.40. The topological polar surface area (TPSA) is 64.7 Å². The summed E-state index contributed by atoms with van der Waals surface area (Å²) in [5, 5.41) is 6.69. The number of anilines is 2. The number of hydrogen-bond acceptors (Lipinski definition) is 3. The van der Waals surface area contributed by atoms with E-state index < -0.39 is 0 Å². The Labute approximate surface area is 166 Å². The van der Waals surface area contributed by atoms with Gasteiger partial charge in [0.2, 0.25) is 5.91 Å². The Morgan fingerprint density at radius 1 is 1.04 bits per heavy atom. The van der Waals surface area contributed by atoms with Gasteiger partial charge in [-0.2, -0.15) is 0 Å². The van der Waals surface area contributed by atoms with Crippen molar-refractivity contribution in [3.05, 3.63) is 24.3 Å². The Morgan fingerprint density at radius 2 is 1.71 bits per heavy atom. The second kappa shape index (κ2) is 6.39. The number of hydrogen-bond donors (Lipinski definition) is 2. The molecule has 2 N–H and O–H groups in total. The number of amides is 3. The number of nitrogens with zero attached hydrogens (tertiary/aromatic N) is 2. The maximum Gasteiger partial charge on any atom is 0.322 e. The van der Waals surface area contributed by atoms with Crippen molar-refractivity contribution in [3.8, 4) is 0 Å². The monoisotopic (exact) mass is 382 g/mol. The molecule has 150 valence electrons. The molecule has 1 aliphatic heterocycles. The normalized spacial score (nSPS) is 35.5. The fourth-order valence-corrected chi connectivity index (χ4v) is 6.72. The van der Waals surface area contributed by atoms with Crippen molar-refractivity contribution in [2.24, 2.45) is 17.8 Å². The average molecular weight is 383 g/mol. The quantitative estimate of drug-likeness (QED) is 0.827. The molecule has 0 radical (unpaired) electrons. The SMILES string of the molecule is CC(=O)N[C@]12CC3CC(C1)[C@H](NC(=O)N1CCN(C)c4ccccc41)C(C3)C2. The van der Waals surface area contributed by atoms with Gasteiger partial charge in [-0.05, 0) is 62.0 Å². The molecular formula is C22H30N4O2.